The van der Waals surface area contributed by atoms with E-state index in [-0.39, 0.29) is 5.03 Å². The van der Waals surface area contributed by atoms with Crippen LogP contribution in [0.3, 0.4) is 0 Å². The molecule has 9 heteroatoms. The van der Waals surface area contributed by atoms with E-state index in [1.807, 2.05) is 13.8 Å². The Hall–Kier alpha value is -1.64. The Morgan fingerprint density at radius 2 is 2.00 bits per heavy atom. The molecule has 0 aliphatic heterocycles. The first-order chi connectivity index (χ1) is 10.4. The van der Waals surface area contributed by atoms with Crippen LogP contribution in [0.5, 0.6) is 0 Å². The lowest BCUT2D eigenvalue weighted by molar-refractivity contribution is 0.591. The second kappa shape index (κ2) is 5.53. The lowest BCUT2D eigenvalue weighted by Crippen LogP contribution is -2.17. The summed E-state index contributed by atoms with van der Waals surface area (Å²) < 4.78 is 29.3. The number of nitrogens with one attached hydrogen (secondary N) is 1. The average Bonchev–Trinajstić information content (AvgIpc) is 2.96. The largest absolute Gasteiger partial charge is 0.281 e. The van der Waals surface area contributed by atoms with Gasteiger partial charge in [-0.2, -0.15) is 18.0 Å². The first-order valence-corrected chi connectivity index (χ1v) is 9.22. The lowest BCUT2D eigenvalue weighted by atomic mass is 10.3. The van der Waals surface area contributed by atoms with Crippen molar-refractivity contribution >= 4 is 43.6 Å². The maximum atomic E-state index is 12.7. The zero-order valence-corrected chi connectivity index (χ0v) is 14.3. The summed E-state index contributed by atoms with van der Waals surface area (Å²) in [5.41, 5.74) is 0.938. The Balaban J connectivity index is 2.09. The van der Waals surface area contributed by atoms with E-state index in [9.17, 15) is 8.42 Å². The van der Waals surface area contributed by atoms with Gasteiger partial charge in [0.25, 0.3) is 10.0 Å². The monoisotopic (exact) mass is 356 g/mol. The standard InChI is InChI=1S/C13H13ClN4O2S2/c1-3-11-12(18-13(15-11)21-8(2)16-18)22(19,20)17-10-6-4-9(14)5-7-10/h4-7,17H,3H2,1-2H3. The summed E-state index contributed by atoms with van der Waals surface area (Å²) in [6.07, 6.45) is 0.506. The van der Waals surface area contributed by atoms with Crippen molar-refractivity contribution in [3.63, 3.8) is 0 Å². The molecule has 0 spiro atoms. The number of hydrogen-bond donors (Lipinski definition) is 1. The molecule has 1 N–H and O–H groups in total. The van der Waals surface area contributed by atoms with Gasteiger partial charge in [0.05, 0.1) is 5.69 Å². The van der Waals surface area contributed by atoms with Gasteiger partial charge in [-0.25, -0.2) is 4.98 Å². The number of anilines is 1. The summed E-state index contributed by atoms with van der Waals surface area (Å²) in [5.74, 6) is 0. The van der Waals surface area contributed by atoms with E-state index in [1.165, 1.54) is 15.9 Å². The van der Waals surface area contributed by atoms with Gasteiger partial charge >= 0.3 is 0 Å². The smallest absolute Gasteiger partial charge is 0.278 e. The molecule has 0 atom stereocenters. The first-order valence-electron chi connectivity index (χ1n) is 6.54. The van der Waals surface area contributed by atoms with Gasteiger partial charge in [0, 0.05) is 10.7 Å². The van der Waals surface area contributed by atoms with Crippen LogP contribution in [-0.4, -0.2) is 23.0 Å². The number of fused-ring (bicyclic) bond motifs is 1. The van der Waals surface area contributed by atoms with E-state index < -0.39 is 10.0 Å². The molecule has 0 radical (unpaired) electrons. The maximum Gasteiger partial charge on any atom is 0.281 e. The highest BCUT2D eigenvalue weighted by atomic mass is 35.5. The third-order valence-corrected chi connectivity index (χ3v) is 5.51. The SMILES string of the molecule is CCc1nc2sc(C)nn2c1S(=O)(=O)Nc1ccc(Cl)cc1. The number of aromatic nitrogens is 3. The molecule has 1 aromatic carbocycles. The molecule has 0 aliphatic rings. The van der Waals surface area contributed by atoms with E-state index in [0.717, 1.165) is 5.01 Å². The summed E-state index contributed by atoms with van der Waals surface area (Å²) in [6.45, 7) is 3.68. The van der Waals surface area contributed by atoms with Gasteiger partial charge in [-0.3, -0.25) is 4.72 Å². The number of imidazole rings is 1. The Morgan fingerprint density at radius 3 is 2.64 bits per heavy atom. The molecule has 2 aromatic heterocycles. The predicted octanol–water partition coefficient (Wildman–Crippen LogP) is 3.12. The van der Waals surface area contributed by atoms with Crippen LogP contribution in [0.1, 0.15) is 17.6 Å². The summed E-state index contributed by atoms with van der Waals surface area (Å²) in [6, 6.07) is 6.46. The van der Waals surface area contributed by atoms with Crippen molar-refractivity contribution in [3.8, 4) is 0 Å². The molecule has 2 heterocycles. The van der Waals surface area contributed by atoms with Crippen molar-refractivity contribution in [1.29, 1.82) is 0 Å². The fourth-order valence-corrected chi connectivity index (χ4v) is 4.43. The third kappa shape index (κ3) is 2.69. The molecule has 0 fully saturated rings. The van der Waals surface area contributed by atoms with Crippen LogP contribution in [0.4, 0.5) is 5.69 Å². The fraction of sp³-hybridized carbons (Fsp3) is 0.231. The number of hydrogen-bond acceptors (Lipinski definition) is 5. The van der Waals surface area contributed by atoms with Gasteiger partial charge in [-0.05, 0) is 37.6 Å². The van der Waals surface area contributed by atoms with Crippen LogP contribution in [0, 0.1) is 6.92 Å². The minimum atomic E-state index is -3.79. The second-order valence-electron chi connectivity index (χ2n) is 4.65. The van der Waals surface area contributed by atoms with E-state index in [4.69, 9.17) is 11.6 Å². The molecule has 0 aliphatic carbocycles. The summed E-state index contributed by atoms with van der Waals surface area (Å²) >= 11 is 7.17. The number of nitrogens with zero attached hydrogens (tertiary/aromatic N) is 3. The molecule has 0 amide bonds. The molecule has 3 aromatic rings. The number of sulfonamides is 1. The Kier molecular flexibility index (Phi) is 3.84. The Bertz CT molecular complexity index is 929. The van der Waals surface area contributed by atoms with Crippen LogP contribution in [-0.2, 0) is 16.4 Å². The van der Waals surface area contributed by atoms with Crippen molar-refractivity contribution in [1.82, 2.24) is 14.6 Å². The van der Waals surface area contributed by atoms with E-state index in [1.54, 1.807) is 24.3 Å². The van der Waals surface area contributed by atoms with E-state index >= 15 is 0 Å². The van der Waals surface area contributed by atoms with Crippen LogP contribution >= 0.6 is 22.9 Å². The van der Waals surface area contributed by atoms with Gasteiger partial charge in [0.15, 0.2) is 0 Å². The van der Waals surface area contributed by atoms with Crippen molar-refractivity contribution in [3.05, 3.63) is 40.0 Å². The number of aryl methyl sites for hydroxylation is 2. The fourth-order valence-electron chi connectivity index (χ4n) is 2.09. The number of halogens is 1. The average molecular weight is 357 g/mol. The first kappa shape index (κ1) is 15.3. The quantitative estimate of drug-likeness (QED) is 0.779. The van der Waals surface area contributed by atoms with Gasteiger partial charge < -0.3 is 0 Å². The highest BCUT2D eigenvalue weighted by molar-refractivity contribution is 7.92. The van der Waals surface area contributed by atoms with Gasteiger partial charge in [0.2, 0.25) is 9.99 Å². The van der Waals surface area contributed by atoms with Crippen LogP contribution in [0.25, 0.3) is 4.96 Å². The van der Waals surface area contributed by atoms with Gasteiger partial charge in [-0.15, -0.1) is 0 Å². The molecule has 0 bridgehead atoms. The van der Waals surface area contributed by atoms with Gasteiger partial charge in [0.1, 0.15) is 5.01 Å². The normalized spacial score (nSPS) is 12.0. The molecule has 0 saturated carbocycles. The number of rotatable bonds is 4. The molecule has 22 heavy (non-hydrogen) atoms. The van der Waals surface area contributed by atoms with Crippen LogP contribution in [0.15, 0.2) is 29.3 Å². The van der Waals surface area contributed by atoms with Crippen molar-refractivity contribution in [2.45, 2.75) is 25.3 Å². The molecule has 0 saturated heterocycles. The molecular weight excluding hydrogens is 344 g/mol. The summed E-state index contributed by atoms with van der Waals surface area (Å²) in [4.78, 5) is 4.93. The second-order valence-corrected chi connectivity index (χ2v) is 7.84. The molecule has 0 unspecified atom stereocenters. The molecule has 6 nitrogen and oxygen atoms in total. The topological polar surface area (TPSA) is 76.4 Å². The minimum Gasteiger partial charge on any atom is -0.278 e. The highest BCUT2D eigenvalue weighted by Crippen LogP contribution is 2.25. The Morgan fingerprint density at radius 1 is 1.32 bits per heavy atom. The van der Waals surface area contributed by atoms with Crippen LogP contribution < -0.4 is 4.72 Å². The van der Waals surface area contributed by atoms with E-state index in [2.05, 4.69) is 14.8 Å². The minimum absolute atomic E-state index is 0.0873. The number of benzene rings is 1. The van der Waals surface area contributed by atoms with Crippen LogP contribution in [0.2, 0.25) is 5.02 Å². The maximum absolute atomic E-state index is 12.7. The summed E-state index contributed by atoms with van der Waals surface area (Å²) in [5, 5.41) is 5.62. The summed E-state index contributed by atoms with van der Waals surface area (Å²) in [7, 11) is -3.79. The van der Waals surface area contributed by atoms with Crippen molar-refractivity contribution < 1.29 is 8.42 Å². The molecular formula is C13H13ClN4O2S2. The zero-order valence-electron chi connectivity index (χ0n) is 11.9. The predicted molar refractivity (Wildman–Crippen MR) is 87.2 cm³/mol. The lowest BCUT2D eigenvalue weighted by Gasteiger charge is -2.08. The highest BCUT2D eigenvalue weighted by Gasteiger charge is 2.26. The zero-order chi connectivity index (χ0) is 15.9. The molecule has 3 rings (SSSR count). The van der Waals surface area contributed by atoms with Crippen molar-refractivity contribution in [2.24, 2.45) is 0 Å². The third-order valence-electron chi connectivity index (χ3n) is 3.02. The van der Waals surface area contributed by atoms with E-state index in [0.29, 0.717) is 27.8 Å². The van der Waals surface area contributed by atoms with Gasteiger partial charge in [-0.1, -0.05) is 29.9 Å². The molecule has 116 valence electrons. The Labute approximate surface area is 136 Å². The van der Waals surface area contributed by atoms with Crippen molar-refractivity contribution in [2.75, 3.05) is 4.72 Å².